The van der Waals surface area contributed by atoms with Crippen LogP contribution in [0.1, 0.15) is 46.1 Å². The van der Waals surface area contributed by atoms with Gasteiger partial charge in [0.2, 0.25) is 0 Å². The molecule has 0 atom stereocenters. The maximum absolute atomic E-state index is 14.3. The summed E-state index contributed by atoms with van der Waals surface area (Å²) in [6.45, 7) is 9.79. The van der Waals surface area contributed by atoms with Crippen molar-refractivity contribution in [3.8, 4) is 0 Å². The Labute approximate surface area is 132 Å². The number of halogens is 3. The summed E-state index contributed by atoms with van der Waals surface area (Å²) in [5, 5.41) is 0. The summed E-state index contributed by atoms with van der Waals surface area (Å²) in [5.74, 6) is 0.0856. The maximum atomic E-state index is 14.3. The molecule has 0 spiro atoms. The van der Waals surface area contributed by atoms with Crippen molar-refractivity contribution in [3.05, 3.63) is 29.3 Å². The number of hydrogen-bond donors (Lipinski definition) is 0. The SMILES string of the molecule is CC(C)CCN(CCC(C)C)c1c(F)cc(CCl)cc1F. The fraction of sp³-hybridized carbons (Fsp3) is 0.647. The van der Waals surface area contributed by atoms with Crippen LogP contribution in [0.2, 0.25) is 0 Å². The zero-order chi connectivity index (χ0) is 16.0. The van der Waals surface area contributed by atoms with Crippen LogP contribution in [0.5, 0.6) is 0 Å². The van der Waals surface area contributed by atoms with Crippen molar-refractivity contribution in [3.63, 3.8) is 0 Å². The monoisotopic (exact) mass is 317 g/mol. The third kappa shape index (κ3) is 5.82. The van der Waals surface area contributed by atoms with E-state index in [-0.39, 0.29) is 11.6 Å². The molecule has 0 saturated heterocycles. The summed E-state index contributed by atoms with van der Waals surface area (Å²) in [6.07, 6.45) is 1.82. The van der Waals surface area contributed by atoms with E-state index in [0.717, 1.165) is 12.8 Å². The van der Waals surface area contributed by atoms with Gasteiger partial charge in [0.1, 0.15) is 17.3 Å². The number of rotatable bonds is 8. The first-order chi connectivity index (χ1) is 9.85. The van der Waals surface area contributed by atoms with Crippen molar-refractivity contribution in [1.29, 1.82) is 0 Å². The molecule has 0 N–H and O–H groups in total. The summed E-state index contributed by atoms with van der Waals surface area (Å²) in [5.41, 5.74) is 0.563. The molecular formula is C17H26ClF2N. The molecule has 120 valence electrons. The number of alkyl halides is 1. The number of anilines is 1. The topological polar surface area (TPSA) is 3.24 Å². The van der Waals surface area contributed by atoms with Crippen LogP contribution in [0.15, 0.2) is 12.1 Å². The summed E-state index contributed by atoms with van der Waals surface area (Å²) in [6, 6.07) is 2.67. The van der Waals surface area contributed by atoms with Gasteiger partial charge in [-0.2, -0.15) is 0 Å². The Morgan fingerprint density at radius 3 is 1.71 bits per heavy atom. The predicted molar refractivity (Wildman–Crippen MR) is 87.0 cm³/mol. The Morgan fingerprint density at radius 1 is 0.952 bits per heavy atom. The minimum absolute atomic E-state index is 0.0881. The molecule has 1 aromatic rings. The Balaban J connectivity index is 3.00. The molecule has 0 aliphatic carbocycles. The average Bonchev–Trinajstić information content (AvgIpc) is 2.39. The summed E-state index contributed by atoms with van der Waals surface area (Å²) >= 11 is 5.66. The highest BCUT2D eigenvalue weighted by atomic mass is 35.5. The molecule has 0 aliphatic heterocycles. The van der Waals surface area contributed by atoms with Crippen LogP contribution in [-0.2, 0) is 5.88 Å². The highest BCUT2D eigenvalue weighted by molar-refractivity contribution is 6.17. The quantitative estimate of drug-likeness (QED) is 0.564. The number of benzene rings is 1. The minimum atomic E-state index is -0.516. The lowest BCUT2D eigenvalue weighted by Crippen LogP contribution is -2.29. The van der Waals surface area contributed by atoms with Crippen molar-refractivity contribution in [2.45, 2.75) is 46.4 Å². The second-order valence-corrected chi connectivity index (χ2v) is 6.66. The molecule has 0 radical (unpaired) electrons. The van der Waals surface area contributed by atoms with E-state index in [0.29, 0.717) is 30.5 Å². The van der Waals surface area contributed by atoms with E-state index in [9.17, 15) is 8.78 Å². The molecule has 4 heteroatoms. The van der Waals surface area contributed by atoms with E-state index in [4.69, 9.17) is 11.6 Å². The summed E-state index contributed by atoms with van der Waals surface area (Å²) < 4.78 is 28.5. The molecule has 21 heavy (non-hydrogen) atoms. The van der Waals surface area contributed by atoms with E-state index in [1.807, 2.05) is 4.90 Å². The van der Waals surface area contributed by atoms with Gasteiger partial charge in [0.25, 0.3) is 0 Å². The molecule has 0 unspecified atom stereocenters. The lowest BCUT2D eigenvalue weighted by molar-refractivity contribution is 0.512. The van der Waals surface area contributed by atoms with Crippen molar-refractivity contribution in [2.24, 2.45) is 11.8 Å². The van der Waals surface area contributed by atoms with Gasteiger partial charge in [0.15, 0.2) is 0 Å². The summed E-state index contributed by atoms with van der Waals surface area (Å²) in [7, 11) is 0. The van der Waals surface area contributed by atoms with Crippen molar-refractivity contribution >= 4 is 17.3 Å². The Bertz CT molecular complexity index is 411. The van der Waals surface area contributed by atoms with Gasteiger partial charge >= 0.3 is 0 Å². The molecular weight excluding hydrogens is 292 g/mol. The van der Waals surface area contributed by atoms with Crippen LogP contribution in [0.25, 0.3) is 0 Å². The van der Waals surface area contributed by atoms with Crippen LogP contribution in [0.3, 0.4) is 0 Å². The zero-order valence-electron chi connectivity index (χ0n) is 13.4. The first-order valence-electron chi connectivity index (χ1n) is 7.64. The summed E-state index contributed by atoms with van der Waals surface area (Å²) in [4.78, 5) is 1.84. The molecule has 0 heterocycles. The van der Waals surface area contributed by atoms with E-state index in [2.05, 4.69) is 27.7 Å². The molecule has 0 saturated carbocycles. The third-order valence-electron chi connectivity index (χ3n) is 3.50. The average molecular weight is 318 g/mol. The van der Waals surface area contributed by atoms with E-state index >= 15 is 0 Å². The van der Waals surface area contributed by atoms with Gasteiger partial charge in [-0.25, -0.2) is 8.78 Å². The molecule has 0 aliphatic rings. The molecule has 0 bridgehead atoms. The molecule has 1 rings (SSSR count). The fourth-order valence-electron chi connectivity index (χ4n) is 2.16. The van der Waals surface area contributed by atoms with Crippen LogP contribution in [0, 0.1) is 23.5 Å². The second kappa shape index (κ2) is 8.57. The van der Waals surface area contributed by atoms with Gasteiger partial charge in [-0.1, -0.05) is 27.7 Å². The highest BCUT2D eigenvalue weighted by Crippen LogP contribution is 2.27. The maximum Gasteiger partial charge on any atom is 0.149 e. The highest BCUT2D eigenvalue weighted by Gasteiger charge is 2.18. The van der Waals surface area contributed by atoms with Crippen LogP contribution in [0.4, 0.5) is 14.5 Å². The van der Waals surface area contributed by atoms with Gasteiger partial charge in [0.05, 0.1) is 0 Å². The van der Waals surface area contributed by atoms with Crippen LogP contribution >= 0.6 is 11.6 Å². The van der Waals surface area contributed by atoms with Gasteiger partial charge in [0, 0.05) is 19.0 Å². The Kier molecular flexibility index (Phi) is 7.44. The van der Waals surface area contributed by atoms with E-state index < -0.39 is 11.6 Å². The number of hydrogen-bond acceptors (Lipinski definition) is 1. The Hall–Kier alpha value is -0.830. The standard InChI is InChI=1S/C17H26ClF2N/c1-12(2)5-7-21(8-6-13(3)4)17-15(19)9-14(11-18)10-16(17)20/h9-10,12-13H,5-8,11H2,1-4H3. The predicted octanol–water partition coefficient (Wildman–Crippen LogP) is 5.60. The van der Waals surface area contributed by atoms with Gasteiger partial charge < -0.3 is 4.90 Å². The normalized spacial score (nSPS) is 11.5. The minimum Gasteiger partial charge on any atom is -0.367 e. The third-order valence-corrected chi connectivity index (χ3v) is 3.81. The molecule has 0 aromatic heterocycles. The first kappa shape index (κ1) is 18.2. The van der Waals surface area contributed by atoms with Crippen LogP contribution in [-0.4, -0.2) is 13.1 Å². The van der Waals surface area contributed by atoms with Crippen LogP contribution < -0.4 is 4.90 Å². The van der Waals surface area contributed by atoms with Crippen molar-refractivity contribution in [2.75, 3.05) is 18.0 Å². The van der Waals surface area contributed by atoms with Gasteiger partial charge in [-0.15, -0.1) is 11.6 Å². The first-order valence-corrected chi connectivity index (χ1v) is 8.17. The van der Waals surface area contributed by atoms with Gasteiger partial charge in [-0.05, 0) is 42.4 Å². The molecule has 1 aromatic carbocycles. The second-order valence-electron chi connectivity index (χ2n) is 6.39. The lowest BCUT2D eigenvalue weighted by atomic mass is 10.1. The molecule has 1 nitrogen and oxygen atoms in total. The van der Waals surface area contributed by atoms with E-state index in [1.165, 1.54) is 12.1 Å². The molecule has 0 fully saturated rings. The van der Waals surface area contributed by atoms with Crippen molar-refractivity contribution < 1.29 is 8.78 Å². The van der Waals surface area contributed by atoms with E-state index in [1.54, 1.807) is 0 Å². The fourth-order valence-corrected chi connectivity index (χ4v) is 2.32. The largest absolute Gasteiger partial charge is 0.367 e. The Morgan fingerprint density at radius 2 is 1.38 bits per heavy atom. The molecule has 0 amide bonds. The zero-order valence-corrected chi connectivity index (χ0v) is 14.2. The van der Waals surface area contributed by atoms with Gasteiger partial charge in [-0.3, -0.25) is 0 Å². The smallest absolute Gasteiger partial charge is 0.149 e. The lowest BCUT2D eigenvalue weighted by Gasteiger charge is -2.27. The van der Waals surface area contributed by atoms with Crippen molar-refractivity contribution in [1.82, 2.24) is 0 Å². The number of nitrogens with zero attached hydrogens (tertiary/aromatic N) is 1.